The van der Waals surface area contributed by atoms with Crippen molar-refractivity contribution in [2.75, 3.05) is 11.1 Å². The van der Waals surface area contributed by atoms with Gasteiger partial charge in [-0.2, -0.15) is 0 Å². The largest absolute Gasteiger partial charge is 0.325 e. The first-order chi connectivity index (χ1) is 15.5. The van der Waals surface area contributed by atoms with E-state index < -0.39 is 0 Å². The summed E-state index contributed by atoms with van der Waals surface area (Å²) < 4.78 is 1.62. The van der Waals surface area contributed by atoms with Gasteiger partial charge in [0.1, 0.15) is 4.83 Å². The average molecular weight is 465 g/mol. The zero-order valence-corrected chi connectivity index (χ0v) is 19.8. The summed E-state index contributed by atoms with van der Waals surface area (Å²) in [6.07, 6.45) is 2.61. The number of nitrogens with one attached hydrogen (secondary N) is 1. The summed E-state index contributed by atoms with van der Waals surface area (Å²) in [4.78, 5) is 36.9. The van der Waals surface area contributed by atoms with E-state index in [2.05, 4.69) is 17.2 Å². The zero-order chi connectivity index (χ0) is 22.7. The Morgan fingerprint density at radius 2 is 2.03 bits per heavy atom. The molecule has 4 rings (SSSR count). The number of aromatic nitrogens is 3. The molecule has 0 spiro atoms. The van der Waals surface area contributed by atoms with Gasteiger partial charge in [-0.1, -0.05) is 36.9 Å². The third kappa shape index (κ3) is 4.76. The monoisotopic (exact) mass is 464 g/mol. The summed E-state index contributed by atoms with van der Waals surface area (Å²) in [5, 5.41) is 4.10. The lowest BCUT2D eigenvalue weighted by atomic mass is 10.1. The Morgan fingerprint density at radius 3 is 2.78 bits per heavy atom. The van der Waals surface area contributed by atoms with Crippen LogP contribution in [0.15, 0.2) is 58.6 Å². The lowest BCUT2D eigenvalue weighted by molar-refractivity contribution is -0.113. The Morgan fingerprint density at radius 1 is 1.19 bits per heavy atom. The maximum atomic E-state index is 13.4. The van der Waals surface area contributed by atoms with Crippen LogP contribution in [-0.4, -0.2) is 26.2 Å². The molecule has 8 heteroatoms. The van der Waals surface area contributed by atoms with Crippen molar-refractivity contribution in [3.8, 4) is 0 Å². The van der Waals surface area contributed by atoms with Gasteiger partial charge in [0.15, 0.2) is 5.16 Å². The van der Waals surface area contributed by atoms with Crippen LogP contribution < -0.4 is 10.9 Å². The molecule has 0 aliphatic heterocycles. The van der Waals surface area contributed by atoms with Gasteiger partial charge in [-0.3, -0.25) is 19.1 Å². The average Bonchev–Trinajstić information content (AvgIpc) is 3.08. The van der Waals surface area contributed by atoms with Crippen molar-refractivity contribution in [2.45, 2.75) is 38.9 Å². The summed E-state index contributed by atoms with van der Waals surface area (Å²) in [5.74, 6) is 0.0142. The van der Waals surface area contributed by atoms with E-state index in [9.17, 15) is 9.59 Å². The SMILES string of the molecule is CCc1cccc(NC(=O)CSc2nc3sc(C)c(C)c3c(=O)n2Cc2ccccn2)c1. The number of amides is 1. The number of rotatable bonds is 7. The van der Waals surface area contributed by atoms with Crippen LogP contribution in [0.3, 0.4) is 0 Å². The highest BCUT2D eigenvalue weighted by Crippen LogP contribution is 2.28. The van der Waals surface area contributed by atoms with E-state index >= 15 is 0 Å². The minimum atomic E-state index is -0.138. The lowest BCUT2D eigenvalue weighted by Crippen LogP contribution is -2.25. The highest BCUT2D eigenvalue weighted by atomic mass is 32.2. The Bertz CT molecular complexity index is 1330. The van der Waals surface area contributed by atoms with Crippen molar-refractivity contribution in [1.82, 2.24) is 14.5 Å². The predicted octanol–water partition coefficient (Wildman–Crippen LogP) is 4.81. The molecule has 0 saturated heterocycles. The van der Waals surface area contributed by atoms with Crippen LogP contribution in [0.1, 0.15) is 28.6 Å². The second-order valence-corrected chi connectivity index (χ2v) is 9.61. The minimum absolute atomic E-state index is 0.0962. The Kier molecular flexibility index (Phi) is 6.72. The number of hydrogen-bond acceptors (Lipinski definition) is 6. The molecule has 164 valence electrons. The maximum absolute atomic E-state index is 13.4. The van der Waals surface area contributed by atoms with Gasteiger partial charge in [0.25, 0.3) is 5.56 Å². The van der Waals surface area contributed by atoms with Gasteiger partial charge in [0, 0.05) is 16.8 Å². The minimum Gasteiger partial charge on any atom is -0.325 e. The molecule has 0 aliphatic carbocycles. The Balaban J connectivity index is 1.62. The lowest BCUT2D eigenvalue weighted by Gasteiger charge is -2.12. The number of thioether (sulfide) groups is 1. The Labute approximate surface area is 194 Å². The van der Waals surface area contributed by atoms with Gasteiger partial charge >= 0.3 is 0 Å². The molecule has 0 fully saturated rings. The molecule has 1 amide bonds. The van der Waals surface area contributed by atoms with Gasteiger partial charge in [0.05, 0.1) is 23.4 Å². The highest BCUT2D eigenvalue weighted by Gasteiger charge is 2.18. The van der Waals surface area contributed by atoms with Crippen molar-refractivity contribution < 1.29 is 4.79 Å². The van der Waals surface area contributed by atoms with E-state index in [1.54, 1.807) is 10.8 Å². The molecule has 6 nitrogen and oxygen atoms in total. The van der Waals surface area contributed by atoms with Gasteiger partial charge < -0.3 is 5.32 Å². The molecule has 1 aromatic carbocycles. The zero-order valence-electron chi connectivity index (χ0n) is 18.2. The number of pyridine rings is 1. The summed E-state index contributed by atoms with van der Waals surface area (Å²) in [6.45, 7) is 6.33. The quantitative estimate of drug-likeness (QED) is 0.314. The predicted molar refractivity (Wildman–Crippen MR) is 132 cm³/mol. The van der Waals surface area contributed by atoms with Crippen LogP contribution in [0.25, 0.3) is 10.2 Å². The Hall–Kier alpha value is -2.97. The van der Waals surface area contributed by atoms with E-state index in [4.69, 9.17) is 4.98 Å². The fourth-order valence-corrected chi connectivity index (χ4v) is 5.28. The molecule has 3 aromatic heterocycles. The number of thiophene rings is 1. The topological polar surface area (TPSA) is 76.9 Å². The molecule has 32 heavy (non-hydrogen) atoms. The normalized spacial score (nSPS) is 11.1. The number of carbonyl (C=O) groups is 1. The molecule has 0 aliphatic rings. The van der Waals surface area contributed by atoms with Crippen LogP contribution in [0.5, 0.6) is 0 Å². The molecule has 0 atom stereocenters. The maximum Gasteiger partial charge on any atom is 0.263 e. The number of fused-ring (bicyclic) bond motifs is 1. The van der Waals surface area contributed by atoms with Crippen LogP contribution >= 0.6 is 23.1 Å². The van der Waals surface area contributed by atoms with Gasteiger partial charge in [-0.25, -0.2) is 4.98 Å². The third-order valence-electron chi connectivity index (χ3n) is 5.25. The van der Waals surface area contributed by atoms with Crippen molar-refractivity contribution in [2.24, 2.45) is 0 Å². The number of carbonyl (C=O) groups excluding carboxylic acids is 1. The van der Waals surface area contributed by atoms with E-state index in [0.29, 0.717) is 21.9 Å². The molecule has 0 radical (unpaired) electrons. The number of anilines is 1. The van der Waals surface area contributed by atoms with E-state index in [1.165, 1.54) is 23.1 Å². The molecular weight excluding hydrogens is 440 g/mol. The molecule has 4 aromatic rings. The summed E-state index contributed by atoms with van der Waals surface area (Å²) in [6, 6.07) is 13.4. The van der Waals surface area contributed by atoms with Gasteiger partial charge in [-0.15, -0.1) is 11.3 Å². The number of aryl methyl sites for hydroxylation is 3. The van der Waals surface area contributed by atoms with Crippen molar-refractivity contribution in [1.29, 1.82) is 0 Å². The van der Waals surface area contributed by atoms with E-state index in [1.807, 2.05) is 56.3 Å². The van der Waals surface area contributed by atoms with E-state index in [0.717, 1.165) is 33.8 Å². The standard InChI is InChI=1S/C24H24N4O2S2/c1-4-17-8-7-10-18(12-17)26-20(29)14-31-24-27-22-21(15(2)16(3)32-22)23(30)28(24)13-19-9-5-6-11-25-19/h5-12H,4,13-14H2,1-3H3,(H,26,29). The second kappa shape index (κ2) is 9.67. The first kappa shape index (κ1) is 22.2. The molecular formula is C24H24N4O2S2. The smallest absolute Gasteiger partial charge is 0.263 e. The number of benzene rings is 1. The summed E-state index contributed by atoms with van der Waals surface area (Å²) in [5.41, 5.74) is 3.57. The molecule has 1 N–H and O–H groups in total. The first-order valence-electron chi connectivity index (χ1n) is 10.4. The summed E-state index contributed by atoms with van der Waals surface area (Å²) >= 11 is 2.78. The van der Waals surface area contributed by atoms with Crippen molar-refractivity contribution >= 4 is 44.9 Å². The number of hydrogen-bond donors (Lipinski definition) is 1. The van der Waals surface area contributed by atoms with E-state index in [-0.39, 0.29) is 17.2 Å². The number of nitrogens with zero attached hydrogens (tertiary/aromatic N) is 3. The molecule has 0 saturated carbocycles. The van der Waals surface area contributed by atoms with Gasteiger partial charge in [-0.05, 0) is 55.7 Å². The van der Waals surface area contributed by atoms with Crippen molar-refractivity contribution in [3.63, 3.8) is 0 Å². The van der Waals surface area contributed by atoms with Crippen LogP contribution in [-0.2, 0) is 17.8 Å². The fourth-order valence-electron chi connectivity index (χ4n) is 3.41. The first-order valence-corrected chi connectivity index (χ1v) is 12.2. The third-order valence-corrected chi connectivity index (χ3v) is 7.33. The van der Waals surface area contributed by atoms with Crippen LogP contribution in [0.2, 0.25) is 0 Å². The van der Waals surface area contributed by atoms with Gasteiger partial charge in [0.2, 0.25) is 5.91 Å². The molecule has 0 bridgehead atoms. The summed E-state index contributed by atoms with van der Waals surface area (Å²) in [7, 11) is 0. The van der Waals surface area contributed by atoms with Crippen LogP contribution in [0.4, 0.5) is 5.69 Å². The molecule has 0 unspecified atom stereocenters. The fraction of sp³-hybridized carbons (Fsp3) is 0.250. The van der Waals surface area contributed by atoms with Crippen molar-refractivity contribution in [3.05, 3.63) is 80.7 Å². The highest BCUT2D eigenvalue weighted by molar-refractivity contribution is 7.99. The molecule has 3 heterocycles. The second-order valence-electron chi connectivity index (χ2n) is 7.46. The van der Waals surface area contributed by atoms with Crippen LogP contribution in [0, 0.1) is 13.8 Å².